The largest absolute Gasteiger partial charge is 0.446 e. The van der Waals surface area contributed by atoms with Crippen molar-refractivity contribution < 1.29 is 13.9 Å². The molecule has 3 nitrogen and oxygen atoms in total. The Labute approximate surface area is 100 Å². The molecule has 1 fully saturated rings. The number of carbonyl (C=O) groups excluding carboxylic acids is 1. The van der Waals surface area contributed by atoms with Crippen LogP contribution in [0.25, 0.3) is 0 Å². The van der Waals surface area contributed by atoms with Crippen LogP contribution in [-0.4, -0.2) is 19.2 Å². The maximum absolute atomic E-state index is 12.7. The highest BCUT2D eigenvalue weighted by Crippen LogP contribution is 2.22. The van der Waals surface area contributed by atoms with E-state index in [4.69, 9.17) is 4.74 Å². The molecule has 1 aromatic carbocycles. The number of benzene rings is 1. The number of ether oxygens (including phenoxy) is 1. The van der Waals surface area contributed by atoms with Gasteiger partial charge in [-0.2, -0.15) is 0 Å². The second-order valence-electron chi connectivity index (χ2n) is 4.33. The number of rotatable bonds is 2. The van der Waals surface area contributed by atoms with Crippen molar-refractivity contribution in [1.29, 1.82) is 0 Å². The normalized spacial score (nSPS) is 15.9. The summed E-state index contributed by atoms with van der Waals surface area (Å²) in [4.78, 5) is 13.2. The third kappa shape index (κ3) is 2.96. The van der Waals surface area contributed by atoms with E-state index in [-0.39, 0.29) is 18.0 Å². The Morgan fingerprint density at radius 3 is 2.47 bits per heavy atom. The zero-order chi connectivity index (χ0) is 12.3. The van der Waals surface area contributed by atoms with Gasteiger partial charge in [0, 0.05) is 12.7 Å². The molecule has 0 radical (unpaired) electrons. The van der Waals surface area contributed by atoms with E-state index in [1.807, 2.05) is 0 Å². The van der Waals surface area contributed by atoms with Crippen LogP contribution in [0.1, 0.15) is 25.7 Å². The summed E-state index contributed by atoms with van der Waals surface area (Å²) in [7, 11) is 1.63. The smallest absolute Gasteiger partial charge is 0.414 e. The van der Waals surface area contributed by atoms with Crippen molar-refractivity contribution in [3.05, 3.63) is 30.1 Å². The lowest BCUT2D eigenvalue weighted by molar-refractivity contribution is 0.109. The highest BCUT2D eigenvalue weighted by Gasteiger charge is 2.21. The van der Waals surface area contributed by atoms with Gasteiger partial charge < -0.3 is 4.74 Å². The first kappa shape index (κ1) is 11.9. The van der Waals surface area contributed by atoms with Gasteiger partial charge >= 0.3 is 6.09 Å². The summed E-state index contributed by atoms with van der Waals surface area (Å²) >= 11 is 0. The van der Waals surface area contributed by atoms with Gasteiger partial charge in [-0.1, -0.05) is 0 Å². The molecule has 0 N–H and O–H groups in total. The molecule has 0 atom stereocenters. The van der Waals surface area contributed by atoms with Crippen LogP contribution >= 0.6 is 0 Å². The molecule has 1 aliphatic carbocycles. The number of nitrogens with zero attached hydrogens (tertiary/aromatic N) is 1. The molecule has 0 aromatic heterocycles. The molecule has 0 spiro atoms. The minimum absolute atomic E-state index is 0.0467. The summed E-state index contributed by atoms with van der Waals surface area (Å²) in [5.74, 6) is -0.314. The molecule has 1 amide bonds. The number of halogens is 1. The molecule has 0 bridgehead atoms. The van der Waals surface area contributed by atoms with Crippen molar-refractivity contribution in [2.45, 2.75) is 31.8 Å². The average Bonchev–Trinajstić information content (AvgIpc) is 2.82. The second-order valence-corrected chi connectivity index (χ2v) is 4.33. The van der Waals surface area contributed by atoms with Crippen LogP contribution in [0.5, 0.6) is 0 Å². The van der Waals surface area contributed by atoms with Crippen LogP contribution < -0.4 is 4.90 Å². The lowest BCUT2D eigenvalue weighted by Crippen LogP contribution is -2.30. The van der Waals surface area contributed by atoms with Gasteiger partial charge in [0.05, 0.1) is 0 Å². The van der Waals surface area contributed by atoms with Crippen molar-refractivity contribution in [2.24, 2.45) is 0 Å². The van der Waals surface area contributed by atoms with Crippen LogP contribution in [-0.2, 0) is 4.74 Å². The van der Waals surface area contributed by atoms with Gasteiger partial charge in [-0.3, -0.25) is 4.90 Å². The van der Waals surface area contributed by atoms with Crippen molar-refractivity contribution in [2.75, 3.05) is 11.9 Å². The van der Waals surface area contributed by atoms with E-state index >= 15 is 0 Å². The van der Waals surface area contributed by atoms with E-state index in [9.17, 15) is 9.18 Å². The standard InChI is InChI=1S/C13H16FNO2/c1-15(11-8-6-10(14)7-9-11)13(16)17-12-4-2-3-5-12/h6-9,12H,2-5H2,1H3. The van der Waals surface area contributed by atoms with E-state index in [1.165, 1.54) is 17.0 Å². The number of carbonyl (C=O) groups is 1. The lowest BCUT2D eigenvalue weighted by Gasteiger charge is -2.19. The predicted molar refractivity (Wildman–Crippen MR) is 63.5 cm³/mol. The molecule has 1 aromatic rings. The second kappa shape index (κ2) is 5.17. The van der Waals surface area contributed by atoms with Crippen molar-refractivity contribution in [1.82, 2.24) is 0 Å². The summed E-state index contributed by atoms with van der Waals surface area (Å²) in [5.41, 5.74) is 0.634. The van der Waals surface area contributed by atoms with Gasteiger partial charge in [0.1, 0.15) is 11.9 Å². The zero-order valence-corrected chi connectivity index (χ0v) is 9.86. The molecule has 1 aliphatic rings. The van der Waals surface area contributed by atoms with Gasteiger partial charge in [-0.25, -0.2) is 9.18 Å². The van der Waals surface area contributed by atoms with Gasteiger partial charge in [0.2, 0.25) is 0 Å². The molecule has 0 aliphatic heterocycles. The summed E-state index contributed by atoms with van der Waals surface area (Å²) in [5, 5.41) is 0. The van der Waals surface area contributed by atoms with E-state index in [2.05, 4.69) is 0 Å². The van der Waals surface area contributed by atoms with Crippen LogP contribution in [0.2, 0.25) is 0 Å². The topological polar surface area (TPSA) is 29.5 Å². The molecule has 0 saturated heterocycles. The fraction of sp³-hybridized carbons (Fsp3) is 0.462. The average molecular weight is 237 g/mol. The van der Waals surface area contributed by atoms with Crippen LogP contribution in [0.15, 0.2) is 24.3 Å². The van der Waals surface area contributed by atoms with Gasteiger partial charge in [-0.15, -0.1) is 0 Å². The fourth-order valence-corrected chi connectivity index (χ4v) is 2.00. The Morgan fingerprint density at radius 2 is 1.88 bits per heavy atom. The summed E-state index contributed by atoms with van der Waals surface area (Å²) in [6.45, 7) is 0. The number of hydrogen-bond donors (Lipinski definition) is 0. The Hall–Kier alpha value is -1.58. The summed E-state index contributed by atoms with van der Waals surface area (Å²) in [6.07, 6.45) is 3.82. The quantitative estimate of drug-likeness (QED) is 0.789. The minimum atomic E-state index is -0.372. The zero-order valence-electron chi connectivity index (χ0n) is 9.86. The van der Waals surface area contributed by atoms with E-state index in [0.717, 1.165) is 25.7 Å². The Bertz CT molecular complexity index is 385. The summed E-state index contributed by atoms with van der Waals surface area (Å²) < 4.78 is 18.1. The Kier molecular flexibility index (Phi) is 3.61. The lowest BCUT2D eigenvalue weighted by atomic mass is 10.3. The fourth-order valence-electron chi connectivity index (χ4n) is 2.00. The molecule has 0 unspecified atom stereocenters. The van der Waals surface area contributed by atoms with E-state index in [1.54, 1.807) is 19.2 Å². The van der Waals surface area contributed by atoms with Crippen LogP contribution in [0.4, 0.5) is 14.9 Å². The third-order valence-corrected chi connectivity index (χ3v) is 3.06. The molecule has 0 heterocycles. The van der Waals surface area contributed by atoms with Crippen LogP contribution in [0, 0.1) is 5.82 Å². The highest BCUT2D eigenvalue weighted by atomic mass is 19.1. The Morgan fingerprint density at radius 1 is 1.29 bits per heavy atom. The predicted octanol–water partition coefficient (Wildman–Crippen LogP) is 3.34. The third-order valence-electron chi connectivity index (χ3n) is 3.06. The molecule has 1 saturated carbocycles. The van der Waals surface area contributed by atoms with E-state index < -0.39 is 0 Å². The van der Waals surface area contributed by atoms with Crippen molar-refractivity contribution in [3.63, 3.8) is 0 Å². The van der Waals surface area contributed by atoms with Crippen LogP contribution in [0.3, 0.4) is 0 Å². The monoisotopic (exact) mass is 237 g/mol. The number of amides is 1. The Balaban J connectivity index is 1.96. The first-order valence-corrected chi connectivity index (χ1v) is 5.87. The first-order chi connectivity index (χ1) is 8.16. The maximum atomic E-state index is 12.7. The maximum Gasteiger partial charge on any atom is 0.414 e. The molecular weight excluding hydrogens is 221 g/mol. The summed E-state index contributed by atoms with van der Waals surface area (Å²) in [6, 6.07) is 5.78. The van der Waals surface area contributed by atoms with Gasteiger partial charge in [0.15, 0.2) is 0 Å². The molecule has 4 heteroatoms. The number of hydrogen-bond acceptors (Lipinski definition) is 2. The molecule has 92 valence electrons. The molecule has 17 heavy (non-hydrogen) atoms. The molecule has 2 rings (SSSR count). The minimum Gasteiger partial charge on any atom is -0.446 e. The van der Waals surface area contributed by atoms with Crippen molar-refractivity contribution in [3.8, 4) is 0 Å². The SMILES string of the molecule is CN(C(=O)OC1CCCC1)c1ccc(F)cc1. The first-order valence-electron chi connectivity index (χ1n) is 5.87. The highest BCUT2D eigenvalue weighted by molar-refractivity contribution is 5.86. The van der Waals surface area contributed by atoms with E-state index in [0.29, 0.717) is 5.69 Å². The van der Waals surface area contributed by atoms with Gasteiger partial charge in [0.25, 0.3) is 0 Å². The molecular formula is C13H16FNO2. The number of anilines is 1. The van der Waals surface area contributed by atoms with Crippen molar-refractivity contribution >= 4 is 11.8 Å². The van der Waals surface area contributed by atoms with Gasteiger partial charge in [-0.05, 0) is 49.9 Å².